The smallest absolute Gasteiger partial charge is 0.326 e. The Morgan fingerprint density at radius 3 is 2.44 bits per heavy atom. The summed E-state index contributed by atoms with van der Waals surface area (Å²) in [4.78, 5) is 32.9. The number of carbonyl (C=O) groups excluding carboxylic acids is 1. The van der Waals surface area contributed by atoms with Crippen LogP contribution in [0.4, 0.5) is 0 Å². The Balaban J connectivity index is 2.51. The minimum atomic E-state index is -1.45. The van der Waals surface area contributed by atoms with Crippen molar-refractivity contribution < 1.29 is 29.3 Å². The van der Waals surface area contributed by atoms with Gasteiger partial charge in [-0.05, 0) is 12.8 Å². The van der Waals surface area contributed by atoms with Crippen molar-refractivity contribution in [2.75, 3.05) is 6.54 Å². The van der Waals surface area contributed by atoms with E-state index < -0.39 is 36.4 Å². The molecule has 0 aliphatic carbocycles. The van der Waals surface area contributed by atoms with Gasteiger partial charge in [-0.25, -0.2) is 4.79 Å². The molecule has 1 saturated heterocycles. The molecule has 0 aromatic carbocycles. The summed E-state index contributed by atoms with van der Waals surface area (Å²) in [6, 6.07) is -1.45. The van der Waals surface area contributed by atoms with E-state index in [-0.39, 0.29) is 6.10 Å². The summed E-state index contributed by atoms with van der Waals surface area (Å²) in [5.41, 5.74) is 5.38. The number of nitrogens with two attached hydrogens (primary N) is 1. The zero-order valence-electron chi connectivity index (χ0n) is 9.67. The van der Waals surface area contributed by atoms with E-state index in [2.05, 4.69) is 5.32 Å². The summed E-state index contributed by atoms with van der Waals surface area (Å²) >= 11 is 0. The highest BCUT2D eigenvalue weighted by Gasteiger charge is 2.32. The Morgan fingerprint density at radius 2 is 2.00 bits per heavy atom. The SMILES string of the molecule is NCC1CCC(C(=O)NC(CC(=O)O)C(=O)O)O1. The summed E-state index contributed by atoms with van der Waals surface area (Å²) in [5.74, 6) is -3.30. The number of ether oxygens (including phenoxy) is 1. The van der Waals surface area contributed by atoms with Crippen molar-refractivity contribution in [3.05, 3.63) is 0 Å². The minimum Gasteiger partial charge on any atom is -0.481 e. The van der Waals surface area contributed by atoms with Gasteiger partial charge in [-0.2, -0.15) is 0 Å². The number of carboxylic acids is 2. The van der Waals surface area contributed by atoms with Gasteiger partial charge in [-0.3, -0.25) is 9.59 Å². The lowest BCUT2D eigenvalue weighted by atomic mass is 10.1. The first-order valence-corrected chi connectivity index (χ1v) is 5.54. The van der Waals surface area contributed by atoms with Gasteiger partial charge in [0.1, 0.15) is 12.1 Å². The highest BCUT2D eigenvalue weighted by Crippen LogP contribution is 2.19. The third-order valence-corrected chi connectivity index (χ3v) is 2.66. The van der Waals surface area contributed by atoms with E-state index in [4.69, 9.17) is 20.7 Å². The number of carbonyl (C=O) groups is 3. The van der Waals surface area contributed by atoms with Crippen molar-refractivity contribution in [2.24, 2.45) is 5.73 Å². The van der Waals surface area contributed by atoms with E-state index in [1.165, 1.54) is 0 Å². The minimum absolute atomic E-state index is 0.205. The van der Waals surface area contributed by atoms with Crippen molar-refractivity contribution in [3.63, 3.8) is 0 Å². The molecule has 3 unspecified atom stereocenters. The number of amides is 1. The van der Waals surface area contributed by atoms with E-state index in [0.717, 1.165) is 0 Å². The second-order valence-electron chi connectivity index (χ2n) is 4.06. The molecule has 0 saturated carbocycles. The van der Waals surface area contributed by atoms with Gasteiger partial charge in [0.25, 0.3) is 0 Å². The lowest BCUT2D eigenvalue weighted by Gasteiger charge is -2.16. The van der Waals surface area contributed by atoms with Crippen LogP contribution in [-0.2, 0) is 19.1 Å². The summed E-state index contributed by atoms with van der Waals surface area (Å²) in [5, 5.41) is 19.5. The molecule has 3 atom stereocenters. The molecule has 0 radical (unpaired) electrons. The molecule has 1 rings (SSSR count). The van der Waals surface area contributed by atoms with Gasteiger partial charge in [0.05, 0.1) is 12.5 Å². The Bertz CT molecular complexity index is 345. The number of rotatable bonds is 6. The average molecular weight is 260 g/mol. The zero-order chi connectivity index (χ0) is 13.7. The molecule has 1 aliphatic rings. The molecule has 1 heterocycles. The fourth-order valence-electron chi connectivity index (χ4n) is 1.71. The topological polar surface area (TPSA) is 139 Å². The molecule has 0 aromatic rings. The van der Waals surface area contributed by atoms with Crippen LogP contribution in [0, 0.1) is 0 Å². The molecule has 8 nitrogen and oxygen atoms in total. The molecular weight excluding hydrogens is 244 g/mol. The van der Waals surface area contributed by atoms with Crippen molar-refractivity contribution in [2.45, 2.75) is 37.5 Å². The molecule has 0 spiro atoms. The predicted molar refractivity (Wildman–Crippen MR) is 58.8 cm³/mol. The van der Waals surface area contributed by atoms with Gasteiger partial charge in [0.2, 0.25) is 5.91 Å². The second-order valence-corrected chi connectivity index (χ2v) is 4.06. The van der Waals surface area contributed by atoms with E-state index in [1.54, 1.807) is 0 Å². The standard InChI is InChI=1S/C10H16N2O6/c11-4-5-1-2-7(18-5)9(15)12-6(10(16)17)3-8(13)14/h5-7H,1-4,11H2,(H,12,15)(H,13,14)(H,16,17). The Hall–Kier alpha value is -1.67. The van der Waals surface area contributed by atoms with Crippen LogP contribution in [0.3, 0.4) is 0 Å². The van der Waals surface area contributed by atoms with Gasteiger partial charge < -0.3 is 26.0 Å². The van der Waals surface area contributed by atoms with Crippen LogP contribution in [0.2, 0.25) is 0 Å². The molecular formula is C10H16N2O6. The molecule has 1 fully saturated rings. The van der Waals surface area contributed by atoms with Crippen molar-refractivity contribution in [3.8, 4) is 0 Å². The largest absolute Gasteiger partial charge is 0.481 e. The maximum Gasteiger partial charge on any atom is 0.326 e. The molecule has 0 bridgehead atoms. The number of aliphatic carboxylic acids is 2. The Labute approximate surface area is 103 Å². The number of hydrogen-bond acceptors (Lipinski definition) is 5. The fraction of sp³-hybridized carbons (Fsp3) is 0.700. The second kappa shape index (κ2) is 6.31. The molecule has 1 amide bonds. The number of carboxylic acid groups (broad SMARTS) is 2. The maximum atomic E-state index is 11.7. The van der Waals surface area contributed by atoms with E-state index in [1.807, 2.05) is 0 Å². The first-order chi connectivity index (χ1) is 8.43. The van der Waals surface area contributed by atoms with Crippen LogP contribution >= 0.6 is 0 Å². The summed E-state index contributed by atoms with van der Waals surface area (Å²) < 4.78 is 5.28. The normalized spacial score (nSPS) is 24.5. The van der Waals surface area contributed by atoms with E-state index in [9.17, 15) is 14.4 Å². The van der Waals surface area contributed by atoms with Crippen LogP contribution in [-0.4, -0.2) is 52.9 Å². The van der Waals surface area contributed by atoms with Crippen LogP contribution < -0.4 is 11.1 Å². The third-order valence-electron chi connectivity index (χ3n) is 2.66. The van der Waals surface area contributed by atoms with E-state index in [0.29, 0.717) is 19.4 Å². The molecule has 102 valence electrons. The summed E-state index contributed by atoms with van der Waals surface area (Å²) in [6.45, 7) is 0.293. The average Bonchev–Trinajstić information content (AvgIpc) is 2.75. The molecule has 8 heteroatoms. The molecule has 5 N–H and O–H groups in total. The number of hydrogen-bond donors (Lipinski definition) is 4. The van der Waals surface area contributed by atoms with Gasteiger partial charge in [0, 0.05) is 6.54 Å². The number of nitrogens with one attached hydrogen (secondary N) is 1. The van der Waals surface area contributed by atoms with E-state index >= 15 is 0 Å². The van der Waals surface area contributed by atoms with Gasteiger partial charge >= 0.3 is 11.9 Å². The quantitative estimate of drug-likeness (QED) is 0.457. The van der Waals surface area contributed by atoms with Crippen LogP contribution in [0.15, 0.2) is 0 Å². The molecule has 0 aromatic heterocycles. The maximum absolute atomic E-state index is 11.7. The predicted octanol–water partition coefficient (Wildman–Crippen LogP) is -1.46. The summed E-state index contributed by atoms with van der Waals surface area (Å²) in [7, 11) is 0. The van der Waals surface area contributed by atoms with Crippen molar-refractivity contribution >= 4 is 17.8 Å². The molecule has 1 aliphatic heterocycles. The van der Waals surface area contributed by atoms with Crippen LogP contribution in [0.1, 0.15) is 19.3 Å². The Kier molecular flexibility index (Phi) is 5.05. The summed E-state index contributed by atoms with van der Waals surface area (Å²) in [6.07, 6.45) is -0.551. The first-order valence-electron chi connectivity index (χ1n) is 5.54. The van der Waals surface area contributed by atoms with Crippen molar-refractivity contribution in [1.29, 1.82) is 0 Å². The molecule has 18 heavy (non-hydrogen) atoms. The zero-order valence-corrected chi connectivity index (χ0v) is 9.67. The Morgan fingerprint density at radius 1 is 1.33 bits per heavy atom. The first kappa shape index (κ1) is 14.4. The highest BCUT2D eigenvalue weighted by atomic mass is 16.5. The van der Waals surface area contributed by atoms with Gasteiger partial charge in [-0.1, -0.05) is 0 Å². The van der Waals surface area contributed by atoms with Crippen molar-refractivity contribution in [1.82, 2.24) is 5.32 Å². The van der Waals surface area contributed by atoms with Crippen LogP contribution in [0.5, 0.6) is 0 Å². The van der Waals surface area contributed by atoms with Gasteiger partial charge in [0.15, 0.2) is 0 Å². The lowest BCUT2D eigenvalue weighted by molar-refractivity contribution is -0.148. The third kappa shape index (κ3) is 3.97. The monoisotopic (exact) mass is 260 g/mol. The highest BCUT2D eigenvalue weighted by molar-refractivity contribution is 5.88. The fourth-order valence-corrected chi connectivity index (χ4v) is 1.71. The van der Waals surface area contributed by atoms with Gasteiger partial charge in [-0.15, -0.1) is 0 Å². The lowest BCUT2D eigenvalue weighted by Crippen LogP contribution is -2.46. The van der Waals surface area contributed by atoms with Crippen LogP contribution in [0.25, 0.3) is 0 Å².